The number of benzene rings is 1. The highest BCUT2D eigenvalue weighted by molar-refractivity contribution is 5.99. The molecule has 0 amide bonds. The molecule has 1 aromatic carbocycles. The molecule has 0 spiro atoms. The molecule has 5 nitrogen and oxygen atoms in total. The molecule has 110 valence electrons. The molecule has 0 aliphatic heterocycles. The Balaban J connectivity index is 2.56. The Morgan fingerprint density at radius 1 is 1.20 bits per heavy atom. The minimum Gasteiger partial charge on any atom is -0.491 e. The van der Waals surface area contributed by atoms with Gasteiger partial charge in [-0.3, -0.25) is 9.59 Å². The molecule has 20 heavy (non-hydrogen) atoms. The van der Waals surface area contributed by atoms with Crippen molar-refractivity contribution in [1.29, 1.82) is 0 Å². The third-order valence-corrected chi connectivity index (χ3v) is 2.69. The summed E-state index contributed by atoms with van der Waals surface area (Å²) < 4.78 is 5.51. The maximum absolute atomic E-state index is 12.1. The van der Waals surface area contributed by atoms with Crippen LogP contribution in [0.2, 0.25) is 0 Å². The summed E-state index contributed by atoms with van der Waals surface area (Å²) in [4.78, 5) is 22.5. The number of carbonyl (C=O) groups is 2. The summed E-state index contributed by atoms with van der Waals surface area (Å²) in [5.74, 6) is -0.220. The summed E-state index contributed by atoms with van der Waals surface area (Å²) in [5, 5.41) is 11.4. The van der Waals surface area contributed by atoms with E-state index < -0.39 is 12.0 Å². The monoisotopic (exact) mass is 279 g/mol. The summed E-state index contributed by atoms with van der Waals surface area (Å²) in [6.45, 7) is 5.88. The fourth-order valence-corrected chi connectivity index (χ4v) is 1.71. The van der Waals surface area contributed by atoms with Crippen LogP contribution in [0.25, 0.3) is 0 Å². The summed E-state index contributed by atoms with van der Waals surface area (Å²) in [6, 6.07) is 6.55. The second kappa shape index (κ2) is 7.65. The van der Waals surface area contributed by atoms with Crippen molar-refractivity contribution in [2.45, 2.75) is 39.3 Å². The number of ketones is 1. The molecule has 1 rings (SSSR count). The maximum atomic E-state index is 12.1. The summed E-state index contributed by atoms with van der Waals surface area (Å²) >= 11 is 0. The zero-order valence-electron chi connectivity index (χ0n) is 12.1. The van der Waals surface area contributed by atoms with Gasteiger partial charge in [-0.25, -0.2) is 0 Å². The van der Waals surface area contributed by atoms with Crippen molar-refractivity contribution in [2.24, 2.45) is 0 Å². The number of carboxylic acid groups (broad SMARTS) is 1. The van der Waals surface area contributed by atoms with Crippen molar-refractivity contribution in [3.63, 3.8) is 0 Å². The second-order valence-corrected chi connectivity index (χ2v) is 4.87. The molecule has 0 saturated heterocycles. The Labute approximate surface area is 118 Å². The van der Waals surface area contributed by atoms with Gasteiger partial charge in [0.2, 0.25) is 0 Å². The SMILES string of the molecule is CC(C)Oc1ccc(C(=O)C(C)NCCC(=O)O)cc1. The number of nitrogens with one attached hydrogen (secondary N) is 1. The zero-order chi connectivity index (χ0) is 15.1. The van der Waals surface area contributed by atoms with Gasteiger partial charge >= 0.3 is 5.97 Å². The molecule has 0 aromatic heterocycles. The number of aliphatic carboxylic acids is 1. The van der Waals surface area contributed by atoms with Crippen LogP contribution in [0.3, 0.4) is 0 Å². The molecule has 0 aliphatic carbocycles. The third kappa shape index (κ3) is 5.40. The first-order chi connectivity index (χ1) is 9.40. The fourth-order valence-electron chi connectivity index (χ4n) is 1.71. The van der Waals surface area contributed by atoms with Crippen molar-refractivity contribution >= 4 is 11.8 Å². The zero-order valence-corrected chi connectivity index (χ0v) is 12.1. The lowest BCUT2D eigenvalue weighted by Crippen LogP contribution is -2.35. The molecule has 1 unspecified atom stereocenters. The highest BCUT2D eigenvalue weighted by Gasteiger charge is 2.14. The van der Waals surface area contributed by atoms with Gasteiger partial charge in [0.1, 0.15) is 5.75 Å². The predicted octanol–water partition coefficient (Wildman–Crippen LogP) is 2.11. The Hall–Kier alpha value is -1.88. The quantitative estimate of drug-likeness (QED) is 0.713. The number of rotatable bonds is 8. The lowest BCUT2D eigenvalue weighted by molar-refractivity contribution is -0.136. The van der Waals surface area contributed by atoms with Gasteiger partial charge in [0.05, 0.1) is 18.6 Å². The summed E-state index contributed by atoms with van der Waals surface area (Å²) in [6.07, 6.45) is 0.0897. The van der Waals surface area contributed by atoms with Crippen LogP contribution in [-0.4, -0.2) is 35.5 Å². The lowest BCUT2D eigenvalue weighted by Gasteiger charge is -2.13. The first-order valence-corrected chi connectivity index (χ1v) is 6.66. The average molecular weight is 279 g/mol. The van der Waals surface area contributed by atoms with Crippen LogP contribution in [-0.2, 0) is 4.79 Å². The van der Waals surface area contributed by atoms with E-state index in [1.54, 1.807) is 31.2 Å². The molecule has 1 aromatic rings. The third-order valence-electron chi connectivity index (χ3n) is 2.69. The topological polar surface area (TPSA) is 75.6 Å². The molecule has 2 N–H and O–H groups in total. The van der Waals surface area contributed by atoms with Crippen molar-refractivity contribution in [2.75, 3.05) is 6.54 Å². The Morgan fingerprint density at radius 3 is 2.30 bits per heavy atom. The Bertz CT molecular complexity index is 453. The standard InChI is InChI=1S/C15H21NO4/c1-10(2)20-13-6-4-12(5-7-13)15(19)11(3)16-9-8-14(17)18/h4-7,10-11,16H,8-9H2,1-3H3,(H,17,18). The minimum atomic E-state index is -0.882. The fraction of sp³-hybridized carbons (Fsp3) is 0.467. The average Bonchev–Trinajstić information content (AvgIpc) is 2.37. The molecule has 1 atom stereocenters. The normalized spacial score (nSPS) is 12.2. The van der Waals surface area contributed by atoms with Gasteiger partial charge < -0.3 is 15.2 Å². The first kappa shape index (κ1) is 16.2. The van der Waals surface area contributed by atoms with Gasteiger partial charge in [-0.1, -0.05) is 0 Å². The highest BCUT2D eigenvalue weighted by atomic mass is 16.5. The van der Waals surface area contributed by atoms with Crippen LogP contribution in [0.4, 0.5) is 0 Å². The number of ether oxygens (including phenoxy) is 1. The number of Topliss-reactive ketones (excluding diaryl/α,β-unsaturated/α-hetero) is 1. The molecule has 0 fully saturated rings. The van der Waals surface area contributed by atoms with Gasteiger partial charge in [-0.05, 0) is 45.0 Å². The van der Waals surface area contributed by atoms with Crippen molar-refractivity contribution in [1.82, 2.24) is 5.32 Å². The van der Waals surface area contributed by atoms with Gasteiger partial charge in [-0.2, -0.15) is 0 Å². The molecule has 0 bridgehead atoms. The van der Waals surface area contributed by atoms with E-state index in [1.165, 1.54) is 0 Å². The van der Waals surface area contributed by atoms with Gasteiger partial charge in [0.15, 0.2) is 5.78 Å². The lowest BCUT2D eigenvalue weighted by atomic mass is 10.1. The van der Waals surface area contributed by atoms with E-state index >= 15 is 0 Å². The van der Waals surface area contributed by atoms with E-state index in [-0.39, 0.29) is 24.9 Å². The smallest absolute Gasteiger partial charge is 0.304 e. The van der Waals surface area contributed by atoms with Crippen LogP contribution in [0.5, 0.6) is 5.75 Å². The van der Waals surface area contributed by atoms with Crippen LogP contribution in [0.1, 0.15) is 37.6 Å². The van der Waals surface area contributed by atoms with E-state index in [1.807, 2.05) is 13.8 Å². The molecule has 0 saturated carbocycles. The molecule has 0 heterocycles. The Kier molecular flexibility index (Phi) is 6.18. The molecule has 0 aliphatic rings. The van der Waals surface area contributed by atoms with Crippen LogP contribution < -0.4 is 10.1 Å². The van der Waals surface area contributed by atoms with Crippen molar-refractivity contribution < 1.29 is 19.4 Å². The van der Waals surface area contributed by atoms with Crippen LogP contribution >= 0.6 is 0 Å². The van der Waals surface area contributed by atoms with Crippen molar-refractivity contribution in [3.8, 4) is 5.75 Å². The maximum Gasteiger partial charge on any atom is 0.304 e. The highest BCUT2D eigenvalue weighted by Crippen LogP contribution is 2.15. The number of hydrogen-bond acceptors (Lipinski definition) is 4. The number of hydrogen-bond donors (Lipinski definition) is 2. The van der Waals surface area contributed by atoms with Crippen LogP contribution in [0.15, 0.2) is 24.3 Å². The minimum absolute atomic E-state index is 0.00120. The van der Waals surface area contributed by atoms with Gasteiger partial charge in [-0.15, -0.1) is 0 Å². The summed E-state index contributed by atoms with van der Waals surface area (Å²) in [7, 11) is 0. The molecule has 5 heteroatoms. The van der Waals surface area contributed by atoms with E-state index in [2.05, 4.69) is 5.32 Å². The van der Waals surface area contributed by atoms with Gasteiger partial charge in [0, 0.05) is 12.1 Å². The summed E-state index contributed by atoms with van der Waals surface area (Å²) in [5.41, 5.74) is 0.580. The first-order valence-electron chi connectivity index (χ1n) is 6.66. The van der Waals surface area contributed by atoms with E-state index in [4.69, 9.17) is 9.84 Å². The van der Waals surface area contributed by atoms with Crippen molar-refractivity contribution in [3.05, 3.63) is 29.8 Å². The predicted molar refractivity (Wildman–Crippen MR) is 76.3 cm³/mol. The second-order valence-electron chi connectivity index (χ2n) is 4.87. The molecular formula is C15H21NO4. The molecule has 0 radical (unpaired) electrons. The van der Waals surface area contributed by atoms with E-state index in [9.17, 15) is 9.59 Å². The number of carbonyl (C=O) groups excluding carboxylic acids is 1. The van der Waals surface area contributed by atoms with Crippen LogP contribution in [0, 0.1) is 0 Å². The van der Waals surface area contributed by atoms with Gasteiger partial charge in [0.25, 0.3) is 0 Å². The Morgan fingerprint density at radius 2 is 1.80 bits per heavy atom. The largest absolute Gasteiger partial charge is 0.491 e. The van der Waals surface area contributed by atoms with E-state index in [0.29, 0.717) is 5.56 Å². The van der Waals surface area contributed by atoms with E-state index in [0.717, 1.165) is 5.75 Å². The molecular weight excluding hydrogens is 258 g/mol. The number of carboxylic acids is 1.